The second-order valence-electron chi connectivity index (χ2n) is 5.50. The molecule has 0 saturated heterocycles. The number of nitrogens with zero attached hydrogens (tertiary/aromatic N) is 1. The Morgan fingerprint density at radius 1 is 0.714 bits per heavy atom. The van der Waals surface area contributed by atoms with Gasteiger partial charge in [-0.3, -0.25) is 4.90 Å². The molecule has 0 radical (unpaired) electrons. The lowest BCUT2D eigenvalue weighted by Crippen LogP contribution is -2.25. The fraction of sp³-hybridized carbons (Fsp3) is 0.600. The number of allylic oxidation sites excluding steroid dienone is 4. The highest BCUT2D eigenvalue weighted by atomic mass is 15.1. The van der Waals surface area contributed by atoms with Crippen molar-refractivity contribution >= 4 is 0 Å². The first kappa shape index (κ1) is 19.9. The van der Waals surface area contributed by atoms with Crippen molar-refractivity contribution in [3.63, 3.8) is 0 Å². The molecule has 21 heavy (non-hydrogen) atoms. The van der Waals surface area contributed by atoms with E-state index in [4.69, 9.17) is 0 Å². The molecule has 0 spiro atoms. The maximum Gasteiger partial charge on any atom is 0.0166 e. The average Bonchev–Trinajstić information content (AvgIpc) is 2.50. The fourth-order valence-electron chi connectivity index (χ4n) is 2.08. The van der Waals surface area contributed by atoms with Crippen molar-refractivity contribution in [2.75, 3.05) is 19.6 Å². The third-order valence-corrected chi connectivity index (χ3v) is 3.45. The van der Waals surface area contributed by atoms with Gasteiger partial charge in [0.25, 0.3) is 0 Å². The van der Waals surface area contributed by atoms with Crippen LogP contribution in [0, 0.1) is 0 Å². The quantitative estimate of drug-likeness (QED) is 0.267. The average molecular weight is 290 g/mol. The largest absolute Gasteiger partial charge is 0.296 e. The summed E-state index contributed by atoms with van der Waals surface area (Å²) in [7, 11) is 0. The van der Waals surface area contributed by atoms with Crippen molar-refractivity contribution in [3.8, 4) is 0 Å². The summed E-state index contributed by atoms with van der Waals surface area (Å²) in [5.74, 6) is 0. The van der Waals surface area contributed by atoms with Crippen LogP contribution in [0.1, 0.15) is 58.3 Å². The van der Waals surface area contributed by atoms with E-state index in [1.165, 1.54) is 45.1 Å². The Hall–Kier alpha value is -1.08. The third kappa shape index (κ3) is 15.1. The van der Waals surface area contributed by atoms with Crippen LogP contribution < -0.4 is 0 Å². The van der Waals surface area contributed by atoms with Crippen LogP contribution in [0.25, 0.3) is 0 Å². The highest BCUT2D eigenvalue weighted by Gasteiger charge is 1.99. The summed E-state index contributed by atoms with van der Waals surface area (Å²) in [4.78, 5) is 2.53. The minimum Gasteiger partial charge on any atom is -0.296 e. The van der Waals surface area contributed by atoms with Crippen molar-refractivity contribution in [1.29, 1.82) is 0 Å². The van der Waals surface area contributed by atoms with Crippen molar-refractivity contribution in [1.82, 2.24) is 4.90 Å². The minimum atomic E-state index is 1.07. The first-order chi connectivity index (χ1) is 10.3. The van der Waals surface area contributed by atoms with Gasteiger partial charge in [0, 0.05) is 13.1 Å². The molecule has 0 unspecified atom stereocenters. The molecular formula is C20H35N. The predicted molar refractivity (Wildman–Crippen MR) is 97.7 cm³/mol. The van der Waals surface area contributed by atoms with E-state index in [0.29, 0.717) is 0 Å². The molecule has 0 saturated carbocycles. The summed E-state index contributed by atoms with van der Waals surface area (Å²) in [5.41, 5.74) is 0. The fourth-order valence-corrected chi connectivity index (χ4v) is 2.08. The van der Waals surface area contributed by atoms with Crippen LogP contribution in [0.5, 0.6) is 0 Å². The van der Waals surface area contributed by atoms with Gasteiger partial charge in [-0.25, -0.2) is 0 Å². The maximum atomic E-state index is 3.76. The summed E-state index contributed by atoms with van der Waals surface area (Å²) >= 11 is 0. The van der Waals surface area contributed by atoms with E-state index in [2.05, 4.69) is 49.3 Å². The lowest BCUT2D eigenvalue weighted by molar-refractivity contribution is 0.328. The maximum absolute atomic E-state index is 3.76. The van der Waals surface area contributed by atoms with E-state index >= 15 is 0 Å². The zero-order valence-electron chi connectivity index (χ0n) is 14.1. The highest BCUT2D eigenvalue weighted by molar-refractivity contribution is 4.90. The summed E-state index contributed by atoms with van der Waals surface area (Å²) in [6.07, 6.45) is 22.9. The molecule has 0 aliphatic carbocycles. The summed E-state index contributed by atoms with van der Waals surface area (Å²) in [6, 6.07) is 0. The molecule has 0 aromatic heterocycles. The van der Waals surface area contributed by atoms with Gasteiger partial charge in [0.1, 0.15) is 0 Å². The predicted octanol–water partition coefficient (Wildman–Crippen LogP) is 5.91. The first-order valence-electron chi connectivity index (χ1n) is 8.59. The topological polar surface area (TPSA) is 3.24 Å². The highest BCUT2D eigenvalue weighted by Crippen LogP contribution is 2.01. The summed E-state index contributed by atoms with van der Waals surface area (Å²) in [6.45, 7) is 13.1. The molecule has 0 aromatic carbocycles. The van der Waals surface area contributed by atoms with Crippen molar-refractivity contribution in [2.45, 2.75) is 58.3 Å². The van der Waals surface area contributed by atoms with E-state index in [1.807, 2.05) is 12.2 Å². The molecule has 0 heterocycles. The van der Waals surface area contributed by atoms with Crippen LogP contribution in [-0.4, -0.2) is 24.5 Å². The van der Waals surface area contributed by atoms with Gasteiger partial charge in [0.15, 0.2) is 0 Å². The van der Waals surface area contributed by atoms with Crippen LogP contribution in [0.3, 0.4) is 0 Å². The Balaban J connectivity index is 3.89. The molecule has 120 valence electrons. The number of hydrogen-bond acceptors (Lipinski definition) is 1. The Morgan fingerprint density at radius 3 is 1.67 bits per heavy atom. The van der Waals surface area contributed by atoms with E-state index in [0.717, 1.165) is 25.9 Å². The lowest BCUT2D eigenvalue weighted by Gasteiger charge is -2.18. The minimum absolute atomic E-state index is 1.07. The number of hydrogen-bond donors (Lipinski definition) is 0. The summed E-state index contributed by atoms with van der Waals surface area (Å²) in [5, 5.41) is 0. The van der Waals surface area contributed by atoms with E-state index in [9.17, 15) is 0 Å². The van der Waals surface area contributed by atoms with E-state index in [1.54, 1.807) is 0 Å². The molecule has 0 aromatic rings. The molecule has 1 nitrogen and oxygen atoms in total. The molecular weight excluding hydrogens is 254 g/mol. The van der Waals surface area contributed by atoms with Gasteiger partial charge in [-0.05, 0) is 51.5 Å². The van der Waals surface area contributed by atoms with Crippen LogP contribution >= 0.6 is 0 Å². The molecule has 0 rings (SSSR count). The molecule has 1 heteroatoms. The second kappa shape index (κ2) is 17.0. The van der Waals surface area contributed by atoms with Crippen molar-refractivity contribution < 1.29 is 0 Å². The van der Waals surface area contributed by atoms with Crippen LogP contribution in [-0.2, 0) is 0 Å². The standard InChI is InChI=1S/C20H35N/c1-4-7-10-12-14-16-19-21(18-9-6-3)20-17-15-13-11-8-5-2/h4-5,14-17H,1-2,6-13,18-20H2,3H3. The monoisotopic (exact) mass is 289 g/mol. The first-order valence-corrected chi connectivity index (χ1v) is 8.59. The normalized spacial score (nSPS) is 11.7. The Labute approximate surface area is 133 Å². The molecule has 0 amide bonds. The van der Waals surface area contributed by atoms with Crippen LogP contribution in [0.15, 0.2) is 49.6 Å². The van der Waals surface area contributed by atoms with E-state index < -0.39 is 0 Å². The van der Waals surface area contributed by atoms with Gasteiger partial charge in [0.2, 0.25) is 0 Å². The van der Waals surface area contributed by atoms with E-state index in [-0.39, 0.29) is 0 Å². The van der Waals surface area contributed by atoms with Gasteiger partial charge in [0.05, 0.1) is 0 Å². The zero-order chi connectivity index (χ0) is 15.6. The van der Waals surface area contributed by atoms with Crippen LogP contribution in [0.4, 0.5) is 0 Å². The second-order valence-corrected chi connectivity index (χ2v) is 5.50. The molecule has 0 aliphatic rings. The molecule has 0 aliphatic heterocycles. The molecule has 0 fully saturated rings. The van der Waals surface area contributed by atoms with Gasteiger partial charge >= 0.3 is 0 Å². The smallest absolute Gasteiger partial charge is 0.0166 e. The SMILES string of the molecule is C=CCCCC=CCN(CC=CCCCC=C)CCCC. The molecule has 0 bridgehead atoms. The van der Waals surface area contributed by atoms with Gasteiger partial charge in [-0.1, -0.05) is 49.8 Å². The lowest BCUT2D eigenvalue weighted by atomic mass is 10.2. The van der Waals surface area contributed by atoms with Crippen LogP contribution in [0.2, 0.25) is 0 Å². The number of unbranched alkanes of at least 4 members (excludes halogenated alkanes) is 5. The van der Waals surface area contributed by atoms with Gasteiger partial charge in [-0.15, -0.1) is 13.2 Å². The third-order valence-electron chi connectivity index (χ3n) is 3.45. The van der Waals surface area contributed by atoms with Crippen molar-refractivity contribution in [3.05, 3.63) is 49.6 Å². The summed E-state index contributed by atoms with van der Waals surface area (Å²) < 4.78 is 0. The Bertz CT molecular complexity index is 262. The number of rotatable bonds is 15. The Kier molecular flexibility index (Phi) is 16.1. The Morgan fingerprint density at radius 2 is 1.24 bits per heavy atom. The van der Waals surface area contributed by atoms with Gasteiger partial charge in [-0.2, -0.15) is 0 Å². The molecule has 0 atom stereocenters. The zero-order valence-corrected chi connectivity index (χ0v) is 14.1. The van der Waals surface area contributed by atoms with Crippen molar-refractivity contribution in [2.24, 2.45) is 0 Å². The molecule has 0 N–H and O–H groups in total. The van der Waals surface area contributed by atoms with Gasteiger partial charge < -0.3 is 0 Å².